The van der Waals surface area contributed by atoms with Crippen molar-refractivity contribution in [3.63, 3.8) is 0 Å². The van der Waals surface area contributed by atoms with Crippen LogP contribution in [0.1, 0.15) is 55.2 Å². The van der Waals surface area contributed by atoms with E-state index in [2.05, 4.69) is 15.6 Å². The summed E-state index contributed by atoms with van der Waals surface area (Å²) < 4.78 is 27.5. The number of likely N-dealkylation sites (tertiary alicyclic amines) is 1. The quantitative estimate of drug-likeness (QED) is 0.102. The Morgan fingerprint density at radius 3 is 2.12 bits per heavy atom. The van der Waals surface area contributed by atoms with Gasteiger partial charge in [0.25, 0.3) is 0 Å². The number of carbonyl (C=O) groups excluding carboxylic acids is 3. The van der Waals surface area contributed by atoms with Gasteiger partial charge in [0.2, 0.25) is 17.7 Å². The Labute approximate surface area is 331 Å². The molecule has 1 aliphatic heterocycles. The molecule has 4 rings (SSSR count). The van der Waals surface area contributed by atoms with E-state index in [1.165, 1.54) is 17.0 Å². The van der Waals surface area contributed by atoms with Crippen molar-refractivity contribution in [2.75, 3.05) is 66.0 Å². The second kappa shape index (κ2) is 22.3. The van der Waals surface area contributed by atoms with Crippen molar-refractivity contribution in [2.45, 2.75) is 65.3 Å². The fourth-order valence-corrected chi connectivity index (χ4v) is 6.69. The first kappa shape index (κ1) is 44.3. The van der Waals surface area contributed by atoms with Gasteiger partial charge in [-0.05, 0) is 41.7 Å². The Balaban J connectivity index is 1.07. The first-order chi connectivity index (χ1) is 26.8. The number of aryl methyl sites for hydroxylation is 1. The van der Waals surface area contributed by atoms with Gasteiger partial charge in [0.15, 0.2) is 0 Å². The molecule has 3 aromatic rings. The van der Waals surface area contributed by atoms with Crippen molar-refractivity contribution in [2.24, 2.45) is 5.41 Å². The van der Waals surface area contributed by atoms with E-state index in [9.17, 15) is 24.3 Å². The Kier molecular flexibility index (Phi) is 17.7. The number of nitrogens with zero attached hydrogens (tertiary/aromatic N) is 2. The molecular weight excluding hydrogens is 745 g/mol. The minimum atomic E-state index is -1.01. The van der Waals surface area contributed by atoms with Crippen LogP contribution in [0.15, 0.2) is 54.0 Å². The van der Waals surface area contributed by atoms with Crippen molar-refractivity contribution < 1.29 is 53.1 Å². The summed E-state index contributed by atoms with van der Waals surface area (Å²) in [7, 11) is 0. The fraction of sp³-hybridized carbons (Fsp3) is 0.525. The van der Waals surface area contributed by atoms with E-state index in [4.69, 9.17) is 28.8 Å². The molecule has 0 radical (unpaired) electrons. The van der Waals surface area contributed by atoms with Crippen molar-refractivity contribution in [1.29, 1.82) is 0 Å². The van der Waals surface area contributed by atoms with E-state index in [1.807, 2.05) is 57.5 Å². The molecule has 1 aromatic heterocycles. The van der Waals surface area contributed by atoms with Gasteiger partial charge in [0.05, 0.1) is 80.6 Å². The zero-order valence-electron chi connectivity index (χ0n) is 32.5. The van der Waals surface area contributed by atoms with Crippen LogP contribution in [-0.2, 0) is 39.9 Å². The lowest BCUT2D eigenvalue weighted by Crippen LogP contribution is -2.57. The Bertz CT molecular complexity index is 1710. The van der Waals surface area contributed by atoms with Crippen LogP contribution in [0, 0.1) is 12.3 Å². The number of hydrogen-bond donors (Lipinski definition) is 4. The maximum Gasteiger partial charge on any atom is 0.335 e. The minimum absolute atomic E-state index is 0.00573. The third-order valence-electron chi connectivity index (χ3n) is 8.88. The molecule has 2 heterocycles. The summed E-state index contributed by atoms with van der Waals surface area (Å²) >= 11 is 1.57. The van der Waals surface area contributed by atoms with E-state index >= 15 is 0 Å². The number of aliphatic hydroxyl groups is 1. The average molecular weight is 799 g/mol. The molecule has 0 bridgehead atoms. The summed E-state index contributed by atoms with van der Waals surface area (Å²) in [5.41, 5.74) is 4.20. The lowest BCUT2D eigenvalue weighted by molar-refractivity contribution is -0.144. The Morgan fingerprint density at radius 1 is 0.911 bits per heavy atom. The molecule has 0 spiro atoms. The second-order valence-electron chi connectivity index (χ2n) is 14.3. The SMILES string of the molecule is Cc1ncsc1-c1ccc(CNC(=O)C2CC(O)CN2C(=O)C(NC(=O)CCOCCOCCOCCOCCOc2cccc(C(=O)O)c2)C(C)(C)C)cc1. The number of thiazole rings is 1. The topological polar surface area (TPSA) is 195 Å². The van der Waals surface area contributed by atoms with E-state index in [0.717, 1.165) is 21.7 Å². The van der Waals surface area contributed by atoms with Crippen molar-refractivity contribution in [3.8, 4) is 16.2 Å². The van der Waals surface area contributed by atoms with E-state index < -0.39 is 35.5 Å². The number of nitrogens with one attached hydrogen (secondary N) is 2. The van der Waals surface area contributed by atoms with Gasteiger partial charge in [-0.15, -0.1) is 11.3 Å². The highest BCUT2D eigenvalue weighted by Gasteiger charge is 2.44. The fourth-order valence-electron chi connectivity index (χ4n) is 5.88. The number of carbonyl (C=O) groups is 4. The van der Waals surface area contributed by atoms with Gasteiger partial charge in [-0.3, -0.25) is 14.4 Å². The third-order valence-corrected chi connectivity index (χ3v) is 9.86. The van der Waals surface area contributed by atoms with E-state index in [1.54, 1.807) is 23.5 Å². The van der Waals surface area contributed by atoms with Crippen molar-refractivity contribution in [1.82, 2.24) is 20.5 Å². The molecule has 2 aromatic carbocycles. The van der Waals surface area contributed by atoms with Crippen LogP contribution in [0.4, 0.5) is 0 Å². The number of hydrogen-bond acceptors (Lipinski definition) is 12. The average Bonchev–Trinajstić information content (AvgIpc) is 3.79. The van der Waals surface area contributed by atoms with Crippen LogP contribution in [0.25, 0.3) is 10.4 Å². The summed E-state index contributed by atoms with van der Waals surface area (Å²) in [5.74, 6) is -1.71. The maximum absolute atomic E-state index is 13.8. The van der Waals surface area contributed by atoms with Gasteiger partial charge in [-0.2, -0.15) is 0 Å². The maximum atomic E-state index is 13.8. The molecule has 0 aliphatic carbocycles. The molecule has 3 unspecified atom stereocenters. The summed E-state index contributed by atoms with van der Waals surface area (Å²) in [4.78, 5) is 57.9. The Morgan fingerprint density at radius 2 is 1.54 bits per heavy atom. The van der Waals surface area contributed by atoms with Gasteiger partial charge in [0, 0.05) is 25.9 Å². The number of rotatable bonds is 23. The molecule has 16 heteroatoms. The molecule has 3 amide bonds. The van der Waals surface area contributed by atoms with Gasteiger partial charge in [-0.25, -0.2) is 9.78 Å². The highest BCUT2D eigenvalue weighted by atomic mass is 32.1. The number of ether oxygens (including phenoxy) is 5. The zero-order valence-corrected chi connectivity index (χ0v) is 33.3. The van der Waals surface area contributed by atoms with Crippen LogP contribution >= 0.6 is 11.3 Å². The minimum Gasteiger partial charge on any atom is -0.491 e. The molecule has 1 fully saturated rings. The number of β-amino-alcohol motifs (C(OH)–C–C–N with tert-alkyl or cyclic N) is 1. The van der Waals surface area contributed by atoms with Crippen molar-refractivity contribution >= 4 is 35.0 Å². The number of amides is 3. The normalized spacial score (nSPS) is 16.1. The third kappa shape index (κ3) is 14.2. The largest absolute Gasteiger partial charge is 0.491 e. The molecule has 3 atom stereocenters. The van der Waals surface area contributed by atoms with Gasteiger partial charge >= 0.3 is 5.97 Å². The number of carboxylic acid groups (broad SMARTS) is 1. The molecule has 4 N–H and O–H groups in total. The van der Waals surface area contributed by atoms with Gasteiger partial charge < -0.3 is 49.4 Å². The summed E-state index contributed by atoms with van der Waals surface area (Å²) in [6, 6.07) is 12.3. The predicted molar refractivity (Wildman–Crippen MR) is 208 cm³/mol. The van der Waals surface area contributed by atoms with E-state index in [-0.39, 0.29) is 63.1 Å². The summed E-state index contributed by atoms with van der Waals surface area (Å²) in [6.07, 6.45) is -0.731. The molecule has 56 heavy (non-hydrogen) atoms. The first-order valence-electron chi connectivity index (χ1n) is 18.7. The summed E-state index contributed by atoms with van der Waals surface area (Å²) in [5, 5.41) is 25.3. The standard InChI is InChI=1S/C40H54N4O11S/c1-27-35(56-26-42-27)29-10-8-28(9-11-29)24-41-37(47)33-23-31(45)25-44(33)38(48)36(40(2,3)4)43-34(46)12-13-51-14-15-52-16-17-53-18-19-54-20-21-55-32-7-5-6-30(22-32)39(49)50/h5-11,22,26,31,33,36,45H,12-21,23-25H2,1-4H3,(H,41,47)(H,43,46)(H,49,50). The molecule has 306 valence electrons. The first-order valence-corrected chi connectivity index (χ1v) is 19.5. The molecular formula is C40H54N4O11S. The number of benzene rings is 2. The van der Waals surface area contributed by atoms with Crippen LogP contribution < -0.4 is 15.4 Å². The Hall–Kier alpha value is -4.45. The lowest BCUT2D eigenvalue weighted by atomic mass is 9.85. The van der Waals surface area contributed by atoms with Crippen LogP contribution in [-0.4, -0.2) is 128 Å². The van der Waals surface area contributed by atoms with E-state index in [0.29, 0.717) is 45.4 Å². The highest BCUT2D eigenvalue weighted by molar-refractivity contribution is 7.13. The van der Waals surface area contributed by atoms with Crippen molar-refractivity contribution in [3.05, 3.63) is 70.9 Å². The number of carboxylic acids is 1. The smallest absolute Gasteiger partial charge is 0.335 e. The molecule has 0 saturated carbocycles. The lowest BCUT2D eigenvalue weighted by Gasteiger charge is -2.35. The molecule has 1 aliphatic rings. The van der Waals surface area contributed by atoms with Crippen LogP contribution in [0.2, 0.25) is 0 Å². The monoisotopic (exact) mass is 798 g/mol. The number of aromatic carboxylic acids is 1. The van der Waals surface area contributed by atoms with Crippen LogP contribution in [0.3, 0.4) is 0 Å². The number of aliphatic hydroxyl groups excluding tert-OH is 1. The van der Waals surface area contributed by atoms with Crippen LogP contribution in [0.5, 0.6) is 5.75 Å². The number of aromatic nitrogens is 1. The summed E-state index contributed by atoms with van der Waals surface area (Å²) in [6.45, 7) is 10.5. The molecule has 15 nitrogen and oxygen atoms in total. The molecule has 1 saturated heterocycles. The van der Waals surface area contributed by atoms with Gasteiger partial charge in [0.1, 0.15) is 24.4 Å². The predicted octanol–water partition coefficient (Wildman–Crippen LogP) is 3.46. The zero-order chi connectivity index (χ0) is 40.5. The van der Waals surface area contributed by atoms with Gasteiger partial charge in [-0.1, -0.05) is 51.1 Å². The second-order valence-corrected chi connectivity index (χ2v) is 15.2. The highest BCUT2D eigenvalue weighted by Crippen LogP contribution is 2.28.